The summed E-state index contributed by atoms with van der Waals surface area (Å²) in [5, 5.41) is 0. The van der Waals surface area contributed by atoms with E-state index in [2.05, 4.69) is 41.5 Å². The predicted molar refractivity (Wildman–Crippen MR) is 116 cm³/mol. The third-order valence-corrected chi connectivity index (χ3v) is 6.57. The van der Waals surface area contributed by atoms with E-state index < -0.39 is 0 Å². The van der Waals surface area contributed by atoms with Gasteiger partial charge in [-0.15, -0.1) is 0 Å². The molecule has 0 N–H and O–H groups in total. The van der Waals surface area contributed by atoms with Crippen LogP contribution in [0.4, 0.5) is 0 Å². The summed E-state index contributed by atoms with van der Waals surface area (Å²) in [7, 11) is 0. The highest BCUT2D eigenvalue weighted by atomic mass is 15.4. The molecule has 0 spiro atoms. The average molecular weight is 355 g/mol. The van der Waals surface area contributed by atoms with Gasteiger partial charge in [-0.1, -0.05) is 84.0 Å². The molecule has 0 saturated heterocycles. The van der Waals surface area contributed by atoms with E-state index >= 15 is 0 Å². The van der Waals surface area contributed by atoms with Crippen LogP contribution in [0.5, 0.6) is 0 Å². The molecule has 0 fully saturated rings. The second-order valence-electron chi connectivity index (χ2n) is 9.27. The minimum atomic E-state index is 0.389. The lowest BCUT2D eigenvalue weighted by Crippen LogP contribution is -2.60. The van der Waals surface area contributed by atoms with Crippen LogP contribution in [0.25, 0.3) is 0 Å². The van der Waals surface area contributed by atoms with E-state index in [0.717, 1.165) is 0 Å². The van der Waals surface area contributed by atoms with Crippen molar-refractivity contribution in [2.24, 2.45) is 0 Å². The fourth-order valence-corrected chi connectivity index (χ4v) is 4.43. The molecule has 0 bridgehead atoms. The summed E-state index contributed by atoms with van der Waals surface area (Å²) in [6.07, 6.45) is 20.3. The summed E-state index contributed by atoms with van der Waals surface area (Å²) < 4.78 is 1.28. The molecule has 0 unspecified atom stereocenters. The molecule has 152 valence electrons. The SMILES string of the molecule is CCCCCCCCCCCCCCCC[N+](CC)(CC)C(C)(C)C. The fourth-order valence-electron chi connectivity index (χ4n) is 4.43. The summed E-state index contributed by atoms with van der Waals surface area (Å²) in [5.74, 6) is 0. The Hall–Kier alpha value is -0.0400. The number of rotatable bonds is 17. The van der Waals surface area contributed by atoms with Gasteiger partial charge in [-0.25, -0.2) is 0 Å². The Kier molecular flexibility index (Phi) is 15.0. The van der Waals surface area contributed by atoms with E-state index in [-0.39, 0.29) is 0 Å². The van der Waals surface area contributed by atoms with Crippen LogP contribution in [-0.4, -0.2) is 29.7 Å². The van der Waals surface area contributed by atoms with Crippen LogP contribution >= 0.6 is 0 Å². The van der Waals surface area contributed by atoms with Crippen molar-refractivity contribution in [2.45, 2.75) is 137 Å². The highest BCUT2D eigenvalue weighted by Gasteiger charge is 2.36. The van der Waals surface area contributed by atoms with Gasteiger partial charge in [0.1, 0.15) is 0 Å². The van der Waals surface area contributed by atoms with Gasteiger partial charge in [0.15, 0.2) is 0 Å². The Morgan fingerprint density at radius 2 is 0.800 bits per heavy atom. The van der Waals surface area contributed by atoms with Crippen molar-refractivity contribution in [1.29, 1.82) is 0 Å². The van der Waals surface area contributed by atoms with Gasteiger partial charge < -0.3 is 4.48 Å². The van der Waals surface area contributed by atoms with Gasteiger partial charge in [-0.2, -0.15) is 0 Å². The molecule has 0 aromatic carbocycles. The molecular formula is C24H52N+. The number of quaternary nitrogens is 1. The summed E-state index contributed by atoms with van der Waals surface area (Å²) in [6.45, 7) is 18.2. The van der Waals surface area contributed by atoms with E-state index in [0.29, 0.717) is 5.54 Å². The molecule has 0 amide bonds. The molecule has 1 nitrogen and oxygen atoms in total. The largest absolute Gasteiger partial charge is 0.320 e. The number of hydrogen-bond donors (Lipinski definition) is 0. The molecule has 0 aromatic heterocycles. The molecule has 1 heteroatoms. The second kappa shape index (κ2) is 15.1. The minimum absolute atomic E-state index is 0.389. The van der Waals surface area contributed by atoms with Gasteiger partial charge in [0, 0.05) is 0 Å². The smallest absolute Gasteiger partial charge is 0.0907 e. The third-order valence-electron chi connectivity index (χ3n) is 6.57. The van der Waals surface area contributed by atoms with E-state index in [1.807, 2.05) is 0 Å². The quantitative estimate of drug-likeness (QED) is 0.183. The lowest BCUT2D eigenvalue weighted by atomic mass is 9.99. The Labute approximate surface area is 161 Å². The van der Waals surface area contributed by atoms with E-state index in [4.69, 9.17) is 0 Å². The van der Waals surface area contributed by atoms with Crippen LogP contribution in [0.1, 0.15) is 131 Å². The fraction of sp³-hybridized carbons (Fsp3) is 1.00. The van der Waals surface area contributed by atoms with Crippen LogP contribution in [0.3, 0.4) is 0 Å². The molecule has 0 atom stereocenters. The topological polar surface area (TPSA) is 0 Å². The maximum absolute atomic E-state index is 2.42. The van der Waals surface area contributed by atoms with Crippen LogP contribution in [0, 0.1) is 0 Å². The third kappa shape index (κ3) is 11.3. The predicted octanol–water partition coefficient (Wildman–Crippen LogP) is 8.12. The zero-order valence-corrected chi connectivity index (χ0v) is 19.0. The molecule has 0 radical (unpaired) electrons. The number of nitrogens with zero attached hydrogens (tertiary/aromatic N) is 1. The molecule has 0 aliphatic heterocycles. The molecule has 0 aliphatic carbocycles. The van der Waals surface area contributed by atoms with E-state index in [9.17, 15) is 0 Å². The van der Waals surface area contributed by atoms with Gasteiger partial charge in [-0.05, 0) is 47.5 Å². The molecule has 0 aliphatic rings. The van der Waals surface area contributed by atoms with Crippen LogP contribution in [0.15, 0.2) is 0 Å². The maximum Gasteiger partial charge on any atom is 0.0907 e. The van der Waals surface area contributed by atoms with Crippen molar-refractivity contribution in [2.75, 3.05) is 19.6 Å². The lowest BCUT2D eigenvalue weighted by molar-refractivity contribution is -0.967. The summed E-state index contributed by atoms with van der Waals surface area (Å²) in [6, 6.07) is 0. The summed E-state index contributed by atoms with van der Waals surface area (Å²) in [4.78, 5) is 0. The van der Waals surface area contributed by atoms with E-state index in [1.54, 1.807) is 0 Å². The highest BCUT2D eigenvalue weighted by molar-refractivity contribution is 4.63. The maximum atomic E-state index is 2.42. The Balaban J connectivity index is 3.49. The first-order valence-electron chi connectivity index (χ1n) is 11.8. The van der Waals surface area contributed by atoms with Gasteiger partial charge in [0.25, 0.3) is 0 Å². The Bertz CT molecular complexity index is 272. The first-order valence-corrected chi connectivity index (χ1v) is 11.8. The van der Waals surface area contributed by atoms with Gasteiger partial charge in [0.2, 0.25) is 0 Å². The molecule has 0 heterocycles. The normalized spacial score (nSPS) is 12.7. The zero-order chi connectivity index (χ0) is 19.0. The van der Waals surface area contributed by atoms with E-state index in [1.165, 1.54) is 114 Å². The Morgan fingerprint density at radius 3 is 1.08 bits per heavy atom. The monoisotopic (exact) mass is 354 g/mol. The molecule has 25 heavy (non-hydrogen) atoms. The molecule has 0 rings (SSSR count). The molecular weight excluding hydrogens is 302 g/mol. The first kappa shape index (κ1) is 25.0. The highest BCUT2D eigenvalue weighted by Crippen LogP contribution is 2.25. The van der Waals surface area contributed by atoms with Crippen molar-refractivity contribution in [3.8, 4) is 0 Å². The average Bonchev–Trinajstić information content (AvgIpc) is 2.57. The lowest BCUT2D eigenvalue weighted by Gasteiger charge is -2.48. The minimum Gasteiger partial charge on any atom is -0.320 e. The van der Waals surface area contributed by atoms with Crippen molar-refractivity contribution < 1.29 is 4.48 Å². The number of hydrogen-bond acceptors (Lipinski definition) is 0. The van der Waals surface area contributed by atoms with Gasteiger partial charge >= 0.3 is 0 Å². The van der Waals surface area contributed by atoms with Crippen molar-refractivity contribution >= 4 is 0 Å². The molecule has 0 aromatic rings. The van der Waals surface area contributed by atoms with Crippen LogP contribution in [0.2, 0.25) is 0 Å². The van der Waals surface area contributed by atoms with Gasteiger partial charge in [-0.3, -0.25) is 0 Å². The van der Waals surface area contributed by atoms with Gasteiger partial charge in [0.05, 0.1) is 25.2 Å². The van der Waals surface area contributed by atoms with Crippen molar-refractivity contribution in [3.05, 3.63) is 0 Å². The summed E-state index contributed by atoms with van der Waals surface area (Å²) >= 11 is 0. The summed E-state index contributed by atoms with van der Waals surface area (Å²) in [5.41, 5.74) is 0.389. The van der Waals surface area contributed by atoms with Crippen molar-refractivity contribution in [1.82, 2.24) is 0 Å². The second-order valence-corrected chi connectivity index (χ2v) is 9.27. The van der Waals surface area contributed by atoms with Crippen LogP contribution < -0.4 is 0 Å². The standard InChI is InChI=1S/C24H52N/c1-7-10-11-12-13-14-15-16-17-18-19-20-21-22-23-25(8-2,9-3)24(4,5)6/h7-23H2,1-6H3/q+1. The van der Waals surface area contributed by atoms with Crippen LogP contribution in [-0.2, 0) is 0 Å². The molecule has 0 saturated carbocycles. The first-order chi connectivity index (χ1) is 11.9. The zero-order valence-electron chi connectivity index (χ0n) is 19.0. The van der Waals surface area contributed by atoms with Crippen molar-refractivity contribution in [3.63, 3.8) is 0 Å². The number of unbranched alkanes of at least 4 members (excludes halogenated alkanes) is 13. The Morgan fingerprint density at radius 1 is 0.480 bits per heavy atom.